The second-order valence-corrected chi connectivity index (χ2v) is 4.98. The highest BCUT2D eigenvalue weighted by atomic mass is 16.5. The van der Waals surface area contributed by atoms with Gasteiger partial charge in [0.15, 0.2) is 0 Å². The molecule has 0 aliphatic heterocycles. The molecule has 100 valence electrons. The standard InChI is InChI=1S/C17H21NO/c1-4-13-5-7-14(8-6-13)17(2,18)15-9-11-16(19-3)12-10-15/h5-12H,4,18H2,1-3H3. The molecule has 0 spiro atoms. The summed E-state index contributed by atoms with van der Waals surface area (Å²) in [6.45, 7) is 4.19. The second-order valence-electron chi connectivity index (χ2n) is 4.98. The summed E-state index contributed by atoms with van der Waals surface area (Å²) in [6.07, 6.45) is 1.05. The molecular formula is C17H21NO. The highest BCUT2D eigenvalue weighted by Crippen LogP contribution is 2.28. The molecule has 19 heavy (non-hydrogen) atoms. The van der Waals surface area contributed by atoms with E-state index in [9.17, 15) is 0 Å². The summed E-state index contributed by atoms with van der Waals surface area (Å²) in [6, 6.07) is 16.4. The Kier molecular flexibility index (Phi) is 3.91. The van der Waals surface area contributed by atoms with Gasteiger partial charge in [0, 0.05) is 0 Å². The van der Waals surface area contributed by atoms with E-state index in [0.29, 0.717) is 0 Å². The minimum atomic E-state index is -0.488. The van der Waals surface area contributed by atoms with Crippen LogP contribution in [0.15, 0.2) is 48.5 Å². The van der Waals surface area contributed by atoms with E-state index in [-0.39, 0.29) is 0 Å². The quantitative estimate of drug-likeness (QED) is 0.907. The molecule has 0 fully saturated rings. The number of nitrogens with two attached hydrogens (primary N) is 1. The van der Waals surface area contributed by atoms with Crippen molar-refractivity contribution in [2.45, 2.75) is 25.8 Å². The summed E-state index contributed by atoms with van der Waals surface area (Å²) >= 11 is 0. The van der Waals surface area contributed by atoms with Crippen LogP contribution in [-0.4, -0.2) is 7.11 Å². The van der Waals surface area contributed by atoms with Crippen LogP contribution in [0.1, 0.15) is 30.5 Å². The first kappa shape index (κ1) is 13.6. The van der Waals surface area contributed by atoms with Gasteiger partial charge in [0.25, 0.3) is 0 Å². The van der Waals surface area contributed by atoms with Gasteiger partial charge in [-0.05, 0) is 42.2 Å². The van der Waals surface area contributed by atoms with Crippen LogP contribution >= 0.6 is 0 Å². The van der Waals surface area contributed by atoms with Crippen molar-refractivity contribution < 1.29 is 4.74 Å². The Balaban J connectivity index is 2.33. The van der Waals surface area contributed by atoms with Crippen molar-refractivity contribution in [1.82, 2.24) is 0 Å². The maximum Gasteiger partial charge on any atom is 0.118 e. The minimum Gasteiger partial charge on any atom is -0.497 e. The lowest BCUT2D eigenvalue weighted by atomic mass is 9.85. The fraction of sp³-hybridized carbons (Fsp3) is 0.294. The molecule has 0 saturated heterocycles. The van der Waals surface area contributed by atoms with E-state index in [0.717, 1.165) is 23.3 Å². The van der Waals surface area contributed by atoms with Crippen molar-refractivity contribution >= 4 is 0 Å². The van der Waals surface area contributed by atoms with E-state index >= 15 is 0 Å². The molecule has 2 nitrogen and oxygen atoms in total. The van der Waals surface area contributed by atoms with Crippen molar-refractivity contribution in [1.29, 1.82) is 0 Å². The SMILES string of the molecule is CCc1ccc(C(C)(N)c2ccc(OC)cc2)cc1. The van der Waals surface area contributed by atoms with Gasteiger partial charge in [-0.15, -0.1) is 0 Å². The molecule has 2 N–H and O–H groups in total. The number of ether oxygens (including phenoxy) is 1. The van der Waals surface area contributed by atoms with Gasteiger partial charge in [0.1, 0.15) is 5.75 Å². The van der Waals surface area contributed by atoms with E-state index in [1.165, 1.54) is 5.56 Å². The van der Waals surface area contributed by atoms with Gasteiger partial charge in [0.05, 0.1) is 12.6 Å². The van der Waals surface area contributed by atoms with Crippen molar-refractivity contribution in [2.24, 2.45) is 5.73 Å². The lowest BCUT2D eigenvalue weighted by Crippen LogP contribution is -2.34. The van der Waals surface area contributed by atoms with E-state index in [4.69, 9.17) is 10.5 Å². The van der Waals surface area contributed by atoms with Crippen LogP contribution < -0.4 is 10.5 Å². The second kappa shape index (κ2) is 5.45. The van der Waals surface area contributed by atoms with E-state index in [1.54, 1.807) is 7.11 Å². The third-order valence-corrected chi connectivity index (χ3v) is 3.65. The third kappa shape index (κ3) is 2.79. The van der Waals surface area contributed by atoms with Crippen LogP contribution in [0.4, 0.5) is 0 Å². The number of aryl methyl sites for hydroxylation is 1. The zero-order valence-electron chi connectivity index (χ0n) is 11.8. The zero-order chi connectivity index (χ0) is 13.9. The van der Waals surface area contributed by atoms with Gasteiger partial charge in [-0.25, -0.2) is 0 Å². The van der Waals surface area contributed by atoms with Crippen molar-refractivity contribution in [3.05, 3.63) is 65.2 Å². The van der Waals surface area contributed by atoms with Gasteiger partial charge in [-0.2, -0.15) is 0 Å². The maximum atomic E-state index is 6.50. The molecule has 0 aliphatic carbocycles. The molecule has 0 heterocycles. The first-order chi connectivity index (χ1) is 9.07. The Morgan fingerprint density at radius 2 is 1.42 bits per heavy atom. The summed E-state index contributed by atoms with van der Waals surface area (Å²) < 4.78 is 5.18. The van der Waals surface area contributed by atoms with Crippen LogP contribution in [0.3, 0.4) is 0 Å². The van der Waals surface area contributed by atoms with Gasteiger partial charge >= 0.3 is 0 Å². The first-order valence-electron chi connectivity index (χ1n) is 6.60. The fourth-order valence-corrected chi connectivity index (χ4v) is 2.19. The number of hydrogen-bond donors (Lipinski definition) is 1. The molecule has 2 rings (SSSR count). The van der Waals surface area contributed by atoms with Crippen LogP contribution in [0.25, 0.3) is 0 Å². The fourth-order valence-electron chi connectivity index (χ4n) is 2.19. The Labute approximate surface area is 115 Å². The van der Waals surface area contributed by atoms with Gasteiger partial charge < -0.3 is 10.5 Å². The van der Waals surface area contributed by atoms with E-state index in [1.807, 2.05) is 31.2 Å². The summed E-state index contributed by atoms with van der Waals surface area (Å²) in [5.41, 5.74) is 9.54. The summed E-state index contributed by atoms with van der Waals surface area (Å²) in [4.78, 5) is 0. The average Bonchev–Trinajstić information content (AvgIpc) is 2.47. The lowest BCUT2D eigenvalue weighted by Gasteiger charge is -2.26. The predicted molar refractivity (Wildman–Crippen MR) is 79.5 cm³/mol. The smallest absolute Gasteiger partial charge is 0.118 e. The number of rotatable bonds is 4. The van der Waals surface area contributed by atoms with Crippen LogP contribution in [-0.2, 0) is 12.0 Å². The molecule has 1 unspecified atom stereocenters. The zero-order valence-corrected chi connectivity index (χ0v) is 11.8. The molecule has 0 bridgehead atoms. The lowest BCUT2D eigenvalue weighted by molar-refractivity contribution is 0.414. The van der Waals surface area contributed by atoms with Crippen molar-refractivity contribution in [2.75, 3.05) is 7.11 Å². The number of methoxy groups -OCH3 is 1. The highest BCUT2D eigenvalue weighted by molar-refractivity contribution is 5.40. The first-order valence-corrected chi connectivity index (χ1v) is 6.60. The Hall–Kier alpha value is -1.80. The molecule has 0 amide bonds. The molecule has 0 saturated carbocycles. The van der Waals surface area contributed by atoms with Crippen LogP contribution in [0.2, 0.25) is 0 Å². The van der Waals surface area contributed by atoms with E-state index in [2.05, 4.69) is 31.2 Å². The topological polar surface area (TPSA) is 35.2 Å². The monoisotopic (exact) mass is 255 g/mol. The average molecular weight is 255 g/mol. The van der Waals surface area contributed by atoms with Crippen molar-refractivity contribution in [3.8, 4) is 5.75 Å². The summed E-state index contributed by atoms with van der Waals surface area (Å²) in [7, 11) is 1.67. The molecule has 1 atom stereocenters. The van der Waals surface area contributed by atoms with Gasteiger partial charge in [-0.1, -0.05) is 43.3 Å². The maximum absolute atomic E-state index is 6.50. The molecule has 2 aromatic carbocycles. The molecular weight excluding hydrogens is 234 g/mol. The normalized spacial score (nSPS) is 13.9. The minimum absolute atomic E-state index is 0.488. The molecule has 0 aromatic heterocycles. The van der Waals surface area contributed by atoms with E-state index < -0.39 is 5.54 Å². The van der Waals surface area contributed by atoms with Crippen LogP contribution in [0, 0.1) is 0 Å². The van der Waals surface area contributed by atoms with Gasteiger partial charge in [-0.3, -0.25) is 0 Å². The largest absolute Gasteiger partial charge is 0.497 e. The summed E-state index contributed by atoms with van der Waals surface area (Å²) in [5, 5.41) is 0. The Morgan fingerprint density at radius 3 is 1.84 bits per heavy atom. The molecule has 0 aliphatic rings. The predicted octanol–water partition coefficient (Wildman–Crippen LogP) is 3.48. The summed E-state index contributed by atoms with van der Waals surface area (Å²) in [5.74, 6) is 0.848. The Bertz CT molecular complexity index is 477. The molecule has 2 aromatic rings. The van der Waals surface area contributed by atoms with Crippen LogP contribution in [0.5, 0.6) is 5.75 Å². The molecule has 0 radical (unpaired) electrons. The third-order valence-electron chi connectivity index (χ3n) is 3.65. The highest BCUT2D eigenvalue weighted by Gasteiger charge is 2.23. The molecule has 2 heteroatoms. The van der Waals surface area contributed by atoms with Crippen molar-refractivity contribution in [3.63, 3.8) is 0 Å². The number of hydrogen-bond acceptors (Lipinski definition) is 2. The number of benzene rings is 2. The Morgan fingerprint density at radius 1 is 0.947 bits per heavy atom. The van der Waals surface area contributed by atoms with Gasteiger partial charge in [0.2, 0.25) is 0 Å².